The van der Waals surface area contributed by atoms with Gasteiger partial charge in [0, 0.05) is 23.1 Å². The van der Waals surface area contributed by atoms with Crippen molar-refractivity contribution in [2.45, 2.75) is 24.4 Å². The fourth-order valence-electron chi connectivity index (χ4n) is 3.46. The van der Waals surface area contributed by atoms with E-state index in [0.717, 1.165) is 14.3 Å². The Morgan fingerprint density at radius 3 is 2.26 bits per heavy atom. The third kappa shape index (κ3) is 6.62. The van der Waals surface area contributed by atoms with Gasteiger partial charge in [-0.1, -0.05) is 63.9 Å². The van der Waals surface area contributed by atoms with Gasteiger partial charge in [0.25, 0.3) is 10.0 Å². The number of hydrogen-bond acceptors (Lipinski definition) is 4. The van der Waals surface area contributed by atoms with Crippen LogP contribution in [0.1, 0.15) is 12.5 Å². The smallest absolute Gasteiger partial charge is 0.264 e. The summed E-state index contributed by atoms with van der Waals surface area (Å²) in [6.07, 6.45) is 0. The van der Waals surface area contributed by atoms with Crippen molar-refractivity contribution in [1.82, 2.24) is 10.2 Å². The van der Waals surface area contributed by atoms with E-state index >= 15 is 0 Å². The average Bonchev–Trinajstić information content (AvgIpc) is 2.86. The topological polar surface area (TPSA) is 86.8 Å². The Balaban J connectivity index is 2.01. The number of likely N-dealkylation sites (N-methyl/N-ethyl adjacent to an activating group) is 1. The van der Waals surface area contributed by atoms with Gasteiger partial charge >= 0.3 is 0 Å². The third-order valence-electron chi connectivity index (χ3n) is 5.39. The maximum atomic E-state index is 13.6. The van der Waals surface area contributed by atoms with Crippen molar-refractivity contribution < 1.29 is 18.0 Å². The standard InChI is InChI=1S/C25H25BrClN3O4S/c1-18(25(32)28-2)29(16-19-11-13-20(26)14-12-19)24(31)17-30(22-8-6-7-21(27)15-22)35(33,34)23-9-4-3-5-10-23/h3-15,18H,16-17H2,1-2H3,(H,28,32). The molecule has 1 atom stereocenters. The van der Waals surface area contributed by atoms with E-state index in [4.69, 9.17) is 11.6 Å². The molecule has 7 nitrogen and oxygen atoms in total. The second-order valence-electron chi connectivity index (χ2n) is 7.74. The first-order chi connectivity index (χ1) is 16.6. The Kier molecular flexibility index (Phi) is 8.93. The lowest BCUT2D eigenvalue weighted by atomic mass is 10.1. The number of amides is 2. The quantitative estimate of drug-likeness (QED) is 0.406. The van der Waals surface area contributed by atoms with Gasteiger partial charge in [-0.15, -0.1) is 0 Å². The second-order valence-corrected chi connectivity index (χ2v) is 11.0. The summed E-state index contributed by atoms with van der Waals surface area (Å²) in [5.41, 5.74) is 1.03. The first-order valence-corrected chi connectivity index (χ1v) is 13.3. The van der Waals surface area contributed by atoms with Crippen LogP contribution in [-0.2, 0) is 26.2 Å². The predicted octanol–water partition coefficient (Wildman–Crippen LogP) is 4.46. The molecule has 3 rings (SSSR count). The Morgan fingerprint density at radius 2 is 1.66 bits per heavy atom. The van der Waals surface area contributed by atoms with Crippen molar-refractivity contribution in [3.05, 3.63) is 93.9 Å². The van der Waals surface area contributed by atoms with E-state index < -0.39 is 28.5 Å². The molecule has 184 valence electrons. The van der Waals surface area contributed by atoms with Gasteiger partial charge in [0.05, 0.1) is 10.6 Å². The molecule has 0 fully saturated rings. The molecule has 3 aromatic rings. The Bertz CT molecular complexity index is 1290. The highest BCUT2D eigenvalue weighted by Crippen LogP contribution is 2.27. The maximum absolute atomic E-state index is 13.6. The number of rotatable bonds is 9. The largest absolute Gasteiger partial charge is 0.357 e. The van der Waals surface area contributed by atoms with Gasteiger partial charge < -0.3 is 10.2 Å². The average molecular weight is 579 g/mol. The van der Waals surface area contributed by atoms with Gasteiger partial charge in [-0.25, -0.2) is 8.42 Å². The predicted molar refractivity (Wildman–Crippen MR) is 141 cm³/mol. The second kappa shape index (κ2) is 11.7. The summed E-state index contributed by atoms with van der Waals surface area (Å²) in [7, 11) is -2.62. The lowest BCUT2D eigenvalue weighted by Crippen LogP contribution is -2.50. The van der Waals surface area contributed by atoms with Crippen molar-refractivity contribution in [1.29, 1.82) is 0 Å². The molecule has 2 amide bonds. The number of benzene rings is 3. The van der Waals surface area contributed by atoms with Gasteiger partial charge in [0.2, 0.25) is 11.8 Å². The molecule has 35 heavy (non-hydrogen) atoms. The SMILES string of the molecule is CNC(=O)C(C)N(Cc1ccc(Br)cc1)C(=O)CN(c1cccc(Cl)c1)S(=O)(=O)c1ccccc1. The highest BCUT2D eigenvalue weighted by molar-refractivity contribution is 9.10. The molecular weight excluding hydrogens is 554 g/mol. The monoisotopic (exact) mass is 577 g/mol. The molecule has 0 spiro atoms. The van der Waals surface area contributed by atoms with Crippen molar-refractivity contribution >= 4 is 55.1 Å². The number of sulfonamides is 1. The molecule has 0 heterocycles. The molecule has 0 saturated carbocycles. The minimum atomic E-state index is -4.11. The van der Waals surface area contributed by atoms with E-state index in [1.807, 2.05) is 24.3 Å². The third-order valence-corrected chi connectivity index (χ3v) is 7.94. The lowest BCUT2D eigenvalue weighted by molar-refractivity contribution is -0.139. The molecule has 0 aliphatic rings. The van der Waals surface area contributed by atoms with Gasteiger partial charge in [-0.05, 0) is 55.0 Å². The molecule has 0 saturated heterocycles. The number of nitrogens with one attached hydrogen (secondary N) is 1. The van der Waals surface area contributed by atoms with Crippen LogP contribution in [0.5, 0.6) is 0 Å². The Hall–Kier alpha value is -2.88. The molecule has 0 aliphatic carbocycles. The zero-order valence-electron chi connectivity index (χ0n) is 19.2. The maximum Gasteiger partial charge on any atom is 0.264 e. The van der Waals surface area contributed by atoms with Crippen LogP contribution in [0.3, 0.4) is 0 Å². The van der Waals surface area contributed by atoms with E-state index in [1.54, 1.807) is 43.3 Å². The van der Waals surface area contributed by atoms with E-state index in [9.17, 15) is 18.0 Å². The normalized spacial score (nSPS) is 12.0. The lowest BCUT2D eigenvalue weighted by Gasteiger charge is -2.31. The molecule has 0 aromatic heterocycles. The van der Waals surface area contributed by atoms with E-state index in [2.05, 4.69) is 21.2 Å². The van der Waals surface area contributed by atoms with Gasteiger partial charge in [0.15, 0.2) is 0 Å². The molecular formula is C25H25BrClN3O4S. The zero-order chi connectivity index (χ0) is 25.6. The first-order valence-electron chi connectivity index (χ1n) is 10.7. The van der Waals surface area contributed by atoms with Crippen LogP contribution in [0, 0.1) is 0 Å². The van der Waals surface area contributed by atoms with Gasteiger partial charge in [0.1, 0.15) is 12.6 Å². The summed E-state index contributed by atoms with van der Waals surface area (Å²) < 4.78 is 29.1. The zero-order valence-corrected chi connectivity index (χ0v) is 22.3. The molecule has 3 aromatic carbocycles. The van der Waals surface area contributed by atoms with Gasteiger partial charge in [-0.2, -0.15) is 0 Å². The van der Waals surface area contributed by atoms with Crippen LogP contribution in [0.15, 0.2) is 88.2 Å². The van der Waals surface area contributed by atoms with Crippen LogP contribution >= 0.6 is 27.5 Å². The van der Waals surface area contributed by atoms with Crippen molar-refractivity contribution in [2.24, 2.45) is 0 Å². The number of hydrogen-bond donors (Lipinski definition) is 1. The molecule has 1 N–H and O–H groups in total. The Labute approximate surface area is 218 Å². The van der Waals surface area contributed by atoms with Crippen LogP contribution in [-0.4, -0.2) is 44.8 Å². The van der Waals surface area contributed by atoms with Crippen LogP contribution < -0.4 is 9.62 Å². The number of nitrogens with zero attached hydrogens (tertiary/aromatic N) is 2. The summed E-state index contributed by atoms with van der Waals surface area (Å²) in [6.45, 7) is 1.20. The van der Waals surface area contributed by atoms with Crippen molar-refractivity contribution in [2.75, 3.05) is 17.9 Å². The number of carbonyl (C=O) groups excluding carboxylic acids is 2. The minimum absolute atomic E-state index is 0.0339. The fraction of sp³-hybridized carbons (Fsp3) is 0.200. The number of halogens is 2. The molecule has 10 heteroatoms. The van der Waals surface area contributed by atoms with Crippen molar-refractivity contribution in [3.63, 3.8) is 0 Å². The molecule has 0 aliphatic heterocycles. The summed E-state index contributed by atoms with van der Waals surface area (Å²) in [6, 6.07) is 20.6. The van der Waals surface area contributed by atoms with E-state index in [1.165, 1.54) is 30.1 Å². The summed E-state index contributed by atoms with van der Waals surface area (Å²) in [4.78, 5) is 27.5. The van der Waals surface area contributed by atoms with E-state index in [-0.39, 0.29) is 23.0 Å². The summed E-state index contributed by atoms with van der Waals surface area (Å²) in [5, 5.41) is 2.88. The molecule has 1 unspecified atom stereocenters. The number of anilines is 1. The van der Waals surface area contributed by atoms with Crippen molar-refractivity contribution in [3.8, 4) is 0 Å². The van der Waals surface area contributed by atoms with E-state index in [0.29, 0.717) is 5.02 Å². The van der Waals surface area contributed by atoms with Crippen LogP contribution in [0.2, 0.25) is 5.02 Å². The van der Waals surface area contributed by atoms with Crippen LogP contribution in [0.4, 0.5) is 5.69 Å². The minimum Gasteiger partial charge on any atom is -0.357 e. The highest BCUT2D eigenvalue weighted by Gasteiger charge is 2.32. The summed E-state index contributed by atoms with van der Waals surface area (Å²) in [5.74, 6) is -0.904. The van der Waals surface area contributed by atoms with Gasteiger partial charge in [-0.3, -0.25) is 13.9 Å². The highest BCUT2D eigenvalue weighted by atomic mass is 79.9. The van der Waals surface area contributed by atoms with Crippen LogP contribution in [0.25, 0.3) is 0 Å². The first kappa shape index (κ1) is 26.7. The fourth-order valence-corrected chi connectivity index (χ4v) is 5.33. The molecule has 0 bridgehead atoms. The summed E-state index contributed by atoms with van der Waals surface area (Å²) >= 11 is 9.52. The number of carbonyl (C=O) groups is 2. The molecule has 0 radical (unpaired) electrons. The Morgan fingerprint density at radius 1 is 1.00 bits per heavy atom.